The first-order valence-electron chi connectivity index (χ1n) is 5.22. The third-order valence-corrected chi connectivity index (χ3v) is 2.89. The molecule has 0 spiro atoms. The fourth-order valence-electron chi connectivity index (χ4n) is 1.55. The lowest BCUT2D eigenvalue weighted by Gasteiger charge is -2.26. The van der Waals surface area contributed by atoms with E-state index < -0.39 is 5.60 Å². The van der Waals surface area contributed by atoms with Crippen LogP contribution >= 0.6 is 0 Å². The molecule has 1 rings (SSSR count). The monoisotopic (exact) mass is 216 g/mol. The fraction of sp³-hybridized carbons (Fsp3) is 0.900. The second-order valence-corrected chi connectivity index (χ2v) is 4.83. The Morgan fingerprint density at radius 2 is 2.33 bits per heavy atom. The molecule has 0 aromatic rings. The summed E-state index contributed by atoms with van der Waals surface area (Å²) in [5.74, 6) is -0.0683. The lowest BCUT2D eigenvalue weighted by molar-refractivity contribution is -0.130. The van der Waals surface area contributed by atoms with Crippen LogP contribution in [-0.2, 0) is 4.79 Å². The van der Waals surface area contributed by atoms with Crippen molar-refractivity contribution in [1.29, 1.82) is 0 Å². The van der Waals surface area contributed by atoms with E-state index in [1.165, 1.54) is 6.92 Å². The predicted molar refractivity (Wildman–Crippen MR) is 56.3 cm³/mol. The topological polar surface area (TPSA) is 81.6 Å². The Hall–Kier alpha value is -0.650. The summed E-state index contributed by atoms with van der Waals surface area (Å²) in [7, 11) is 0. The molecule has 1 fully saturated rings. The Morgan fingerprint density at radius 3 is 2.80 bits per heavy atom. The van der Waals surface area contributed by atoms with Crippen LogP contribution in [0.5, 0.6) is 0 Å². The fourth-order valence-corrected chi connectivity index (χ4v) is 1.55. The van der Waals surface area contributed by atoms with Gasteiger partial charge in [0.25, 0.3) is 0 Å². The van der Waals surface area contributed by atoms with E-state index in [1.54, 1.807) is 0 Å². The van der Waals surface area contributed by atoms with Gasteiger partial charge in [-0.3, -0.25) is 4.79 Å². The van der Waals surface area contributed by atoms with Crippen LogP contribution in [0.25, 0.3) is 0 Å². The molecule has 2 atom stereocenters. The molecule has 0 saturated carbocycles. The highest BCUT2D eigenvalue weighted by atomic mass is 16.3. The molecule has 88 valence electrons. The molecular formula is C10H20N2O3. The number of nitrogens with one attached hydrogen (secondary N) is 2. The van der Waals surface area contributed by atoms with Crippen molar-refractivity contribution in [1.82, 2.24) is 10.6 Å². The molecule has 2 unspecified atom stereocenters. The van der Waals surface area contributed by atoms with E-state index in [1.807, 2.05) is 6.92 Å². The number of rotatable bonds is 4. The van der Waals surface area contributed by atoms with Crippen LogP contribution < -0.4 is 10.6 Å². The maximum absolute atomic E-state index is 11.8. The van der Waals surface area contributed by atoms with Gasteiger partial charge in [-0.05, 0) is 26.8 Å². The Bertz CT molecular complexity index is 235. The van der Waals surface area contributed by atoms with E-state index in [9.17, 15) is 9.90 Å². The van der Waals surface area contributed by atoms with E-state index in [4.69, 9.17) is 5.11 Å². The molecule has 1 aliphatic rings. The minimum atomic E-state index is -1.24. The van der Waals surface area contributed by atoms with Crippen molar-refractivity contribution in [2.45, 2.75) is 25.9 Å². The highest BCUT2D eigenvalue weighted by molar-refractivity contribution is 5.82. The molecule has 1 heterocycles. The first-order valence-corrected chi connectivity index (χ1v) is 5.22. The quantitative estimate of drug-likeness (QED) is 0.478. The standard InChI is InChI=1S/C10H20N2O3/c1-9(3-4-11-5-9)8(14)12-6-10(2,15)7-13/h11,13,15H,3-7H2,1-2H3,(H,12,14). The zero-order valence-corrected chi connectivity index (χ0v) is 9.34. The van der Waals surface area contributed by atoms with Gasteiger partial charge in [-0.25, -0.2) is 0 Å². The Kier molecular flexibility index (Phi) is 3.70. The van der Waals surface area contributed by atoms with E-state index in [0.717, 1.165) is 13.0 Å². The molecule has 15 heavy (non-hydrogen) atoms. The average Bonchev–Trinajstić information content (AvgIpc) is 2.63. The Morgan fingerprint density at radius 1 is 1.67 bits per heavy atom. The Labute approximate surface area is 89.9 Å². The molecule has 4 N–H and O–H groups in total. The van der Waals surface area contributed by atoms with Crippen molar-refractivity contribution in [2.24, 2.45) is 5.41 Å². The van der Waals surface area contributed by atoms with Crippen LogP contribution in [0.2, 0.25) is 0 Å². The highest BCUT2D eigenvalue weighted by Crippen LogP contribution is 2.24. The second-order valence-electron chi connectivity index (χ2n) is 4.83. The molecule has 0 radical (unpaired) electrons. The van der Waals surface area contributed by atoms with Crippen molar-refractivity contribution >= 4 is 5.91 Å². The van der Waals surface area contributed by atoms with Crippen molar-refractivity contribution in [3.8, 4) is 0 Å². The van der Waals surface area contributed by atoms with Gasteiger partial charge in [0.2, 0.25) is 5.91 Å². The van der Waals surface area contributed by atoms with Crippen molar-refractivity contribution in [3.63, 3.8) is 0 Å². The number of hydrogen-bond acceptors (Lipinski definition) is 4. The number of amides is 1. The van der Waals surface area contributed by atoms with Crippen LogP contribution in [0.3, 0.4) is 0 Å². The molecule has 1 saturated heterocycles. The van der Waals surface area contributed by atoms with E-state index in [0.29, 0.717) is 6.54 Å². The van der Waals surface area contributed by atoms with Gasteiger partial charge in [0.15, 0.2) is 0 Å². The van der Waals surface area contributed by atoms with Gasteiger partial charge < -0.3 is 20.8 Å². The number of carbonyl (C=O) groups is 1. The van der Waals surface area contributed by atoms with Crippen LogP contribution in [-0.4, -0.2) is 48.0 Å². The lowest BCUT2D eigenvalue weighted by atomic mass is 9.88. The van der Waals surface area contributed by atoms with Crippen molar-refractivity contribution in [2.75, 3.05) is 26.2 Å². The Balaban J connectivity index is 2.42. The van der Waals surface area contributed by atoms with Gasteiger partial charge in [-0.1, -0.05) is 0 Å². The molecule has 0 aliphatic carbocycles. The van der Waals surface area contributed by atoms with Gasteiger partial charge in [-0.15, -0.1) is 0 Å². The summed E-state index contributed by atoms with van der Waals surface area (Å²) in [6.45, 7) is 4.62. The zero-order valence-electron chi connectivity index (χ0n) is 9.34. The lowest BCUT2D eigenvalue weighted by Crippen LogP contribution is -2.48. The summed E-state index contributed by atoms with van der Waals surface area (Å²) < 4.78 is 0. The second kappa shape index (κ2) is 4.47. The van der Waals surface area contributed by atoms with Gasteiger partial charge in [0.05, 0.1) is 12.0 Å². The summed E-state index contributed by atoms with van der Waals surface area (Å²) in [6.07, 6.45) is 0.806. The largest absolute Gasteiger partial charge is 0.393 e. The number of aliphatic hydroxyl groups is 2. The third-order valence-electron chi connectivity index (χ3n) is 2.89. The molecule has 5 heteroatoms. The normalized spacial score (nSPS) is 29.9. The number of carbonyl (C=O) groups excluding carboxylic acids is 1. The predicted octanol–water partition coefficient (Wildman–Crippen LogP) is -1.15. The van der Waals surface area contributed by atoms with Gasteiger partial charge in [0.1, 0.15) is 5.60 Å². The SMILES string of the molecule is CC(O)(CO)CNC(=O)C1(C)CCNC1. The van der Waals surface area contributed by atoms with Gasteiger partial charge in [0, 0.05) is 13.1 Å². The van der Waals surface area contributed by atoms with Crippen LogP contribution in [0.15, 0.2) is 0 Å². The maximum Gasteiger partial charge on any atom is 0.227 e. The third kappa shape index (κ3) is 3.15. The molecular weight excluding hydrogens is 196 g/mol. The minimum absolute atomic E-state index is 0.0683. The summed E-state index contributed by atoms with van der Waals surface area (Å²) in [5.41, 5.74) is -1.62. The molecule has 1 amide bonds. The van der Waals surface area contributed by atoms with Crippen LogP contribution in [0.1, 0.15) is 20.3 Å². The minimum Gasteiger partial charge on any atom is -0.393 e. The van der Waals surface area contributed by atoms with Crippen LogP contribution in [0.4, 0.5) is 0 Å². The van der Waals surface area contributed by atoms with Crippen molar-refractivity contribution < 1.29 is 15.0 Å². The zero-order chi connectivity index (χ0) is 11.5. The molecule has 1 aliphatic heterocycles. The molecule has 0 aromatic carbocycles. The van der Waals surface area contributed by atoms with Gasteiger partial charge >= 0.3 is 0 Å². The van der Waals surface area contributed by atoms with Gasteiger partial charge in [-0.2, -0.15) is 0 Å². The van der Waals surface area contributed by atoms with E-state index in [-0.39, 0.29) is 24.5 Å². The summed E-state index contributed by atoms with van der Waals surface area (Å²) in [5, 5.41) is 24.1. The smallest absolute Gasteiger partial charge is 0.227 e. The first kappa shape index (κ1) is 12.4. The molecule has 0 bridgehead atoms. The summed E-state index contributed by atoms with van der Waals surface area (Å²) in [4.78, 5) is 11.8. The summed E-state index contributed by atoms with van der Waals surface area (Å²) in [6, 6.07) is 0. The van der Waals surface area contributed by atoms with E-state index >= 15 is 0 Å². The first-order chi connectivity index (χ1) is 6.90. The molecule has 5 nitrogen and oxygen atoms in total. The average molecular weight is 216 g/mol. The highest BCUT2D eigenvalue weighted by Gasteiger charge is 2.36. The van der Waals surface area contributed by atoms with Crippen molar-refractivity contribution in [3.05, 3.63) is 0 Å². The number of hydrogen-bond donors (Lipinski definition) is 4. The van der Waals surface area contributed by atoms with Crippen LogP contribution in [0, 0.1) is 5.41 Å². The molecule has 0 aromatic heterocycles. The number of aliphatic hydroxyl groups excluding tert-OH is 1. The van der Waals surface area contributed by atoms with E-state index in [2.05, 4.69) is 10.6 Å². The summed E-state index contributed by atoms with van der Waals surface area (Å²) >= 11 is 0. The maximum atomic E-state index is 11.8.